The van der Waals surface area contributed by atoms with Crippen molar-refractivity contribution in [1.82, 2.24) is 0 Å². The van der Waals surface area contributed by atoms with Crippen LogP contribution in [0.15, 0.2) is 42.5 Å². The number of carbonyl (C=O) groups is 2. The fourth-order valence-electron chi connectivity index (χ4n) is 2.24. The van der Waals surface area contributed by atoms with Gasteiger partial charge in [-0.05, 0) is 55.3 Å². The molecular formula is C18H21N3O2. The first kappa shape index (κ1) is 16.7. The van der Waals surface area contributed by atoms with E-state index < -0.39 is 0 Å². The second-order valence-corrected chi connectivity index (χ2v) is 5.42. The lowest BCUT2D eigenvalue weighted by Gasteiger charge is -2.12. The molecule has 0 heterocycles. The summed E-state index contributed by atoms with van der Waals surface area (Å²) >= 11 is 0. The molecule has 4 N–H and O–H groups in total. The summed E-state index contributed by atoms with van der Waals surface area (Å²) < 4.78 is 0. The van der Waals surface area contributed by atoms with Gasteiger partial charge in [0, 0.05) is 12.5 Å². The summed E-state index contributed by atoms with van der Waals surface area (Å²) in [6.07, 6.45) is 0.784. The first-order valence-corrected chi connectivity index (χ1v) is 7.48. The lowest BCUT2D eigenvalue weighted by atomic mass is 10.1. The molecule has 0 bridgehead atoms. The average Bonchev–Trinajstić information content (AvgIpc) is 2.50. The Labute approximate surface area is 135 Å². The largest absolute Gasteiger partial charge is 0.330 e. The number of hydrogen-bond donors (Lipinski definition) is 3. The maximum Gasteiger partial charge on any atom is 0.255 e. The second kappa shape index (κ2) is 7.56. The predicted octanol–water partition coefficient (Wildman–Crippen LogP) is 2.71. The number of aryl methyl sites for hydroxylation is 1. The maximum absolute atomic E-state index is 12.4. The molecule has 0 radical (unpaired) electrons. The highest BCUT2D eigenvalue weighted by atomic mass is 16.2. The third kappa shape index (κ3) is 4.66. The molecule has 0 fully saturated rings. The number of nitrogens with one attached hydrogen (secondary N) is 2. The van der Waals surface area contributed by atoms with Crippen LogP contribution in [0.3, 0.4) is 0 Å². The van der Waals surface area contributed by atoms with Crippen LogP contribution in [0.5, 0.6) is 0 Å². The van der Waals surface area contributed by atoms with Crippen molar-refractivity contribution in [2.75, 3.05) is 17.2 Å². The van der Waals surface area contributed by atoms with Crippen LogP contribution in [-0.2, 0) is 11.2 Å². The minimum absolute atomic E-state index is 0.185. The number of hydrogen-bond acceptors (Lipinski definition) is 3. The zero-order valence-corrected chi connectivity index (χ0v) is 13.3. The molecule has 2 aromatic carbocycles. The molecule has 5 heteroatoms. The van der Waals surface area contributed by atoms with E-state index in [9.17, 15) is 9.59 Å². The first-order chi connectivity index (χ1) is 11.0. The summed E-state index contributed by atoms with van der Waals surface area (Å²) in [4.78, 5) is 23.7. The molecule has 0 aliphatic rings. The zero-order chi connectivity index (χ0) is 16.8. The van der Waals surface area contributed by atoms with Crippen LogP contribution in [-0.4, -0.2) is 18.4 Å². The van der Waals surface area contributed by atoms with Gasteiger partial charge in [-0.3, -0.25) is 9.59 Å². The average molecular weight is 311 g/mol. The van der Waals surface area contributed by atoms with Crippen LogP contribution in [0, 0.1) is 6.92 Å². The summed E-state index contributed by atoms with van der Waals surface area (Å²) in [5.41, 5.74) is 9.32. The van der Waals surface area contributed by atoms with E-state index in [4.69, 9.17) is 5.73 Å². The summed E-state index contributed by atoms with van der Waals surface area (Å²) in [6, 6.07) is 12.8. The van der Waals surface area contributed by atoms with Crippen molar-refractivity contribution in [3.63, 3.8) is 0 Å². The molecule has 2 aromatic rings. The van der Waals surface area contributed by atoms with E-state index in [-0.39, 0.29) is 11.8 Å². The quantitative estimate of drug-likeness (QED) is 0.794. The summed E-state index contributed by atoms with van der Waals surface area (Å²) in [7, 11) is 0. The smallest absolute Gasteiger partial charge is 0.255 e. The molecular weight excluding hydrogens is 290 g/mol. The van der Waals surface area contributed by atoms with E-state index in [2.05, 4.69) is 10.6 Å². The Balaban J connectivity index is 2.18. The molecule has 0 saturated carbocycles. The Morgan fingerprint density at radius 3 is 2.30 bits per heavy atom. The molecule has 2 rings (SSSR count). The minimum Gasteiger partial charge on any atom is -0.330 e. The molecule has 23 heavy (non-hydrogen) atoms. The van der Waals surface area contributed by atoms with Crippen molar-refractivity contribution in [3.8, 4) is 0 Å². The molecule has 2 amide bonds. The van der Waals surface area contributed by atoms with Crippen LogP contribution in [0.4, 0.5) is 11.4 Å². The Hall–Kier alpha value is -2.66. The van der Waals surface area contributed by atoms with Gasteiger partial charge in [-0.1, -0.05) is 18.2 Å². The summed E-state index contributed by atoms with van der Waals surface area (Å²) in [5.74, 6) is -0.406. The summed E-state index contributed by atoms with van der Waals surface area (Å²) in [5, 5.41) is 5.56. The molecule has 120 valence electrons. The Kier molecular flexibility index (Phi) is 5.49. The van der Waals surface area contributed by atoms with Gasteiger partial charge in [0.25, 0.3) is 5.91 Å². The van der Waals surface area contributed by atoms with Gasteiger partial charge in [0.1, 0.15) is 0 Å². The van der Waals surface area contributed by atoms with E-state index in [1.54, 1.807) is 18.2 Å². The van der Waals surface area contributed by atoms with Gasteiger partial charge >= 0.3 is 0 Å². The van der Waals surface area contributed by atoms with Gasteiger partial charge in [-0.2, -0.15) is 0 Å². The highest BCUT2D eigenvalue weighted by molar-refractivity contribution is 6.07. The van der Waals surface area contributed by atoms with Gasteiger partial charge in [0.15, 0.2) is 0 Å². The van der Waals surface area contributed by atoms with Crippen molar-refractivity contribution in [2.45, 2.75) is 20.3 Å². The number of anilines is 2. The van der Waals surface area contributed by atoms with Crippen LogP contribution in [0.1, 0.15) is 28.4 Å². The van der Waals surface area contributed by atoms with Crippen LogP contribution >= 0.6 is 0 Å². The minimum atomic E-state index is -0.221. The number of nitrogens with two attached hydrogens (primary N) is 1. The molecule has 5 nitrogen and oxygen atoms in total. The molecule has 0 aliphatic carbocycles. The van der Waals surface area contributed by atoms with Crippen molar-refractivity contribution < 1.29 is 9.59 Å². The van der Waals surface area contributed by atoms with Gasteiger partial charge in [-0.15, -0.1) is 0 Å². The molecule has 0 unspecified atom stereocenters. The fraction of sp³-hybridized carbons (Fsp3) is 0.222. The van der Waals surface area contributed by atoms with Crippen LogP contribution < -0.4 is 16.4 Å². The highest BCUT2D eigenvalue weighted by Gasteiger charge is 2.10. The van der Waals surface area contributed by atoms with Crippen molar-refractivity contribution >= 4 is 23.2 Å². The summed E-state index contributed by atoms with van der Waals surface area (Å²) in [6.45, 7) is 3.94. The number of benzene rings is 2. The van der Waals surface area contributed by atoms with Gasteiger partial charge in [0.05, 0.1) is 11.4 Å². The molecule has 0 atom stereocenters. The van der Waals surface area contributed by atoms with Crippen LogP contribution in [0.25, 0.3) is 0 Å². The van der Waals surface area contributed by atoms with E-state index >= 15 is 0 Å². The first-order valence-electron chi connectivity index (χ1n) is 7.48. The van der Waals surface area contributed by atoms with Crippen LogP contribution in [0.2, 0.25) is 0 Å². The van der Waals surface area contributed by atoms with Crippen molar-refractivity contribution in [1.29, 1.82) is 0 Å². The molecule has 0 aromatic heterocycles. The van der Waals surface area contributed by atoms with E-state index in [1.165, 1.54) is 6.92 Å². The van der Waals surface area contributed by atoms with E-state index in [0.717, 1.165) is 17.5 Å². The molecule has 0 aliphatic heterocycles. The zero-order valence-electron chi connectivity index (χ0n) is 13.3. The fourth-order valence-corrected chi connectivity index (χ4v) is 2.24. The lowest BCUT2D eigenvalue weighted by molar-refractivity contribution is -0.114. The number of carbonyl (C=O) groups excluding carboxylic acids is 2. The predicted molar refractivity (Wildman–Crippen MR) is 92.6 cm³/mol. The van der Waals surface area contributed by atoms with Gasteiger partial charge in [-0.25, -0.2) is 0 Å². The van der Waals surface area contributed by atoms with Crippen molar-refractivity contribution in [3.05, 3.63) is 59.2 Å². The highest BCUT2D eigenvalue weighted by Crippen LogP contribution is 2.24. The Morgan fingerprint density at radius 1 is 1.00 bits per heavy atom. The topological polar surface area (TPSA) is 84.2 Å². The normalized spacial score (nSPS) is 10.2. The molecule has 0 saturated heterocycles. The van der Waals surface area contributed by atoms with Crippen molar-refractivity contribution in [2.24, 2.45) is 5.73 Å². The standard InChI is InChI=1S/C18H21N3O2/c1-12-3-8-16(20-13(2)22)17(11-12)21-18(23)15-6-4-14(5-7-15)9-10-19/h3-8,11H,9-10,19H2,1-2H3,(H,20,22)(H,21,23). The Bertz CT molecular complexity index is 709. The van der Waals surface area contributed by atoms with E-state index in [0.29, 0.717) is 23.5 Å². The number of rotatable bonds is 5. The Morgan fingerprint density at radius 2 is 1.70 bits per heavy atom. The molecule has 0 spiro atoms. The SMILES string of the molecule is CC(=O)Nc1ccc(C)cc1NC(=O)c1ccc(CCN)cc1. The monoisotopic (exact) mass is 311 g/mol. The number of amides is 2. The van der Waals surface area contributed by atoms with E-state index in [1.807, 2.05) is 31.2 Å². The van der Waals surface area contributed by atoms with Gasteiger partial charge < -0.3 is 16.4 Å². The maximum atomic E-state index is 12.4. The lowest BCUT2D eigenvalue weighted by Crippen LogP contribution is -2.15. The second-order valence-electron chi connectivity index (χ2n) is 5.42. The van der Waals surface area contributed by atoms with Gasteiger partial charge in [0.2, 0.25) is 5.91 Å². The third-order valence-corrected chi connectivity index (χ3v) is 3.38. The third-order valence-electron chi connectivity index (χ3n) is 3.38.